The average Bonchev–Trinajstić information content (AvgIpc) is 2.46. The zero-order valence-electron chi connectivity index (χ0n) is 11.8. The number of halogens is 1. The highest BCUT2D eigenvalue weighted by atomic mass is 35.5. The first kappa shape index (κ1) is 15.0. The number of carbonyl (C=O) groups is 1. The SMILES string of the molecule is COc1ccc(C(=O)N2CCC(C(C)Cl)CC2)c(O)c1. The van der Waals surface area contributed by atoms with Crippen LogP contribution in [0.25, 0.3) is 0 Å². The molecule has 5 heteroatoms. The van der Waals surface area contributed by atoms with E-state index in [1.807, 2.05) is 6.92 Å². The summed E-state index contributed by atoms with van der Waals surface area (Å²) in [6, 6.07) is 4.74. The molecule has 1 fully saturated rings. The first-order valence-corrected chi connectivity index (χ1v) is 7.27. The molecule has 1 aromatic rings. The molecule has 1 amide bonds. The number of phenols is 1. The summed E-state index contributed by atoms with van der Waals surface area (Å²) >= 11 is 6.10. The van der Waals surface area contributed by atoms with Crippen LogP contribution in [0.5, 0.6) is 11.5 Å². The molecule has 1 atom stereocenters. The quantitative estimate of drug-likeness (QED) is 0.873. The van der Waals surface area contributed by atoms with Crippen LogP contribution in [-0.4, -0.2) is 41.5 Å². The van der Waals surface area contributed by atoms with Gasteiger partial charge in [0.05, 0.1) is 12.7 Å². The molecular formula is C15H20ClNO3. The fourth-order valence-corrected chi connectivity index (χ4v) is 2.80. The van der Waals surface area contributed by atoms with Crippen molar-refractivity contribution in [2.75, 3.05) is 20.2 Å². The summed E-state index contributed by atoms with van der Waals surface area (Å²) in [6.45, 7) is 3.37. The molecule has 1 unspecified atom stereocenters. The van der Waals surface area contributed by atoms with E-state index < -0.39 is 0 Å². The second kappa shape index (κ2) is 6.35. The number of piperidine rings is 1. The molecule has 0 aromatic heterocycles. The molecule has 1 aromatic carbocycles. The Morgan fingerprint density at radius 1 is 1.45 bits per heavy atom. The number of aromatic hydroxyl groups is 1. The number of alkyl halides is 1. The number of likely N-dealkylation sites (tertiary alicyclic amines) is 1. The summed E-state index contributed by atoms with van der Waals surface area (Å²) in [5, 5.41) is 10.1. The molecule has 0 bridgehead atoms. The number of hydrogen-bond donors (Lipinski definition) is 1. The van der Waals surface area contributed by atoms with Gasteiger partial charge in [-0.05, 0) is 37.8 Å². The average molecular weight is 298 g/mol. The molecule has 0 spiro atoms. The number of amides is 1. The second-order valence-corrected chi connectivity index (χ2v) is 5.88. The van der Waals surface area contributed by atoms with Gasteiger partial charge in [-0.25, -0.2) is 0 Å². The summed E-state index contributed by atoms with van der Waals surface area (Å²) in [5.74, 6) is 0.826. The van der Waals surface area contributed by atoms with Crippen LogP contribution >= 0.6 is 11.6 Å². The number of hydrogen-bond acceptors (Lipinski definition) is 3. The molecule has 1 saturated heterocycles. The number of carbonyl (C=O) groups excluding carboxylic acids is 1. The Hall–Kier alpha value is -1.42. The van der Waals surface area contributed by atoms with Crippen LogP contribution in [0.4, 0.5) is 0 Å². The highest BCUT2D eigenvalue weighted by Gasteiger charge is 2.27. The smallest absolute Gasteiger partial charge is 0.257 e. The van der Waals surface area contributed by atoms with Crippen molar-refractivity contribution < 1.29 is 14.6 Å². The Morgan fingerprint density at radius 2 is 2.10 bits per heavy atom. The Bertz CT molecular complexity index is 482. The Labute approximate surface area is 124 Å². The van der Waals surface area contributed by atoms with Crippen molar-refractivity contribution in [3.05, 3.63) is 23.8 Å². The van der Waals surface area contributed by atoms with Crippen molar-refractivity contribution in [3.8, 4) is 11.5 Å². The molecule has 1 heterocycles. The molecule has 4 nitrogen and oxygen atoms in total. The molecule has 2 rings (SSSR count). The first-order valence-electron chi connectivity index (χ1n) is 6.83. The van der Waals surface area contributed by atoms with Gasteiger partial charge in [0.1, 0.15) is 11.5 Å². The molecule has 1 aliphatic heterocycles. The molecule has 0 radical (unpaired) electrons. The summed E-state index contributed by atoms with van der Waals surface area (Å²) in [7, 11) is 1.52. The van der Waals surface area contributed by atoms with Crippen molar-refractivity contribution in [2.45, 2.75) is 25.1 Å². The molecule has 20 heavy (non-hydrogen) atoms. The van der Waals surface area contributed by atoms with Gasteiger partial charge in [0.2, 0.25) is 0 Å². The van der Waals surface area contributed by atoms with Crippen molar-refractivity contribution in [2.24, 2.45) is 5.92 Å². The maximum atomic E-state index is 12.4. The van der Waals surface area contributed by atoms with Gasteiger partial charge in [0, 0.05) is 24.5 Å². The van der Waals surface area contributed by atoms with E-state index in [1.165, 1.54) is 13.2 Å². The lowest BCUT2D eigenvalue weighted by molar-refractivity contribution is 0.0687. The third kappa shape index (κ3) is 3.18. The molecule has 1 aliphatic rings. The molecular weight excluding hydrogens is 278 g/mol. The monoisotopic (exact) mass is 297 g/mol. The lowest BCUT2D eigenvalue weighted by Gasteiger charge is -2.33. The summed E-state index contributed by atoms with van der Waals surface area (Å²) in [6.07, 6.45) is 1.82. The number of methoxy groups -OCH3 is 1. The minimum absolute atomic E-state index is 0.0396. The van der Waals surface area contributed by atoms with E-state index >= 15 is 0 Å². The van der Waals surface area contributed by atoms with E-state index in [9.17, 15) is 9.90 Å². The maximum absolute atomic E-state index is 12.4. The predicted molar refractivity (Wildman–Crippen MR) is 78.6 cm³/mol. The van der Waals surface area contributed by atoms with Crippen LogP contribution < -0.4 is 4.74 Å². The third-order valence-corrected chi connectivity index (χ3v) is 4.27. The van der Waals surface area contributed by atoms with Gasteiger partial charge in [0.15, 0.2) is 0 Å². The van der Waals surface area contributed by atoms with Crippen LogP contribution in [0.3, 0.4) is 0 Å². The largest absolute Gasteiger partial charge is 0.507 e. The van der Waals surface area contributed by atoms with Crippen LogP contribution in [0.2, 0.25) is 0 Å². The highest BCUT2D eigenvalue weighted by molar-refractivity contribution is 6.20. The van der Waals surface area contributed by atoms with Gasteiger partial charge in [-0.3, -0.25) is 4.79 Å². The van der Waals surface area contributed by atoms with E-state index in [2.05, 4.69) is 0 Å². The fourth-order valence-electron chi connectivity index (χ4n) is 2.55. The number of phenolic OH excluding ortho intramolecular Hbond substituents is 1. The molecule has 1 N–H and O–H groups in total. The van der Waals surface area contributed by atoms with Crippen LogP contribution in [0.1, 0.15) is 30.1 Å². The number of nitrogens with zero attached hydrogens (tertiary/aromatic N) is 1. The molecule has 0 saturated carbocycles. The van der Waals surface area contributed by atoms with Gasteiger partial charge in [0.25, 0.3) is 5.91 Å². The standard InChI is InChI=1S/C15H20ClNO3/c1-10(16)11-5-7-17(8-6-11)15(19)13-4-3-12(20-2)9-14(13)18/h3-4,9-11,18H,5-8H2,1-2H3. The minimum Gasteiger partial charge on any atom is -0.507 e. The topological polar surface area (TPSA) is 49.8 Å². The number of rotatable bonds is 3. The van der Waals surface area contributed by atoms with Gasteiger partial charge < -0.3 is 14.7 Å². The second-order valence-electron chi connectivity index (χ2n) is 5.19. The Balaban J connectivity index is 2.05. The van der Waals surface area contributed by atoms with Crippen molar-refractivity contribution in [1.29, 1.82) is 0 Å². The van der Waals surface area contributed by atoms with E-state index in [0.717, 1.165) is 12.8 Å². The Kier molecular flexibility index (Phi) is 4.76. The van der Waals surface area contributed by atoms with E-state index in [0.29, 0.717) is 30.3 Å². The van der Waals surface area contributed by atoms with E-state index in [1.54, 1.807) is 17.0 Å². The lowest BCUT2D eigenvalue weighted by Crippen LogP contribution is -2.40. The lowest BCUT2D eigenvalue weighted by atomic mass is 9.93. The van der Waals surface area contributed by atoms with Crippen LogP contribution in [0, 0.1) is 5.92 Å². The normalized spacial score (nSPS) is 17.9. The van der Waals surface area contributed by atoms with Gasteiger partial charge in [-0.2, -0.15) is 0 Å². The number of ether oxygens (including phenoxy) is 1. The minimum atomic E-state index is -0.133. The summed E-state index contributed by atoms with van der Waals surface area (Å²) in [4.78, 5) is 14.2. The van der Waals surface area contributed by atoms with Crippen molar-refractivity contribution in [1.82, 2.24) is 4.90 Å². The predicted octanol–water partition coefficient (Wildman–Crippen LogP) is 2.88. The summed E-state index contributed by atoms with van der Waals surface area (Å²) < 4.78 is 5.02. The zero-order valence-corrected chi connectivity index (χ0v) is 12.6. The maximum Gasteiger partial charge on any atom is 0.257 e. The number of benzene rings is 1. The Morgan fingerprint density at radius 3 is 2.60 bits per heavy atom. The fraction of sp³-hybridized carbons (Fsp3) is 0.533. The highest BCUT2D eigenvalue weighted by Crippen LogP contribution is 2.28. The van der Waals surface area contributed by atoms with Crippen molar-refractivity contribution in [3.63, 3.8) is 0 Å². The molecule has 0 aliphatic carbocycles. The molecule has 110 valence electrons. The van der Waals surface area contributed by atoms with Gasteiger partial charge in [-0.15, -0.1) is 11.6 Å². The van der Waals surface area contributed by atoms with E-state index in [-0.39, 0.29) is 17.0 Å². The van der Waals surface area contributed by atoms with Crippen molar-refractivity contribution >= 4 is 17.5 Å². The third-order valence-electron chi connectivity index (χ3n) is 3.91. The van der Waals surface area contributed by atoms with Gasteiger partial charge >= 0.3 is 0 Å². The van der Waals surface area contributed by atoms with Crippen LogP contribution in [0.15, 0.2) is 18.2 Å². The first-order chi connectivity index (χ1) is 9.52. The van der Waals surface area contributed by atoms with Crippen LogP contribution in [-0.2, 0) is 0 Å². The van der Waals surface area contributed by atoms with Gasteiger partial charge in [-0.1, -0.05) is 0 Å². The zero-order chi connectivity index (χ0) is 14.7. The van der Waals surface area contributed by atoms with E-state index in [4.69, 9.17) is 16.3 Å². The summed E-state index contributed by atoms with van der Waals surface area (Å²) in [5.41, 5.74) is 0.322.